The maximum absolute atomic E-state index is 12.2. The molecular formula is C19H18ClNO5. The third-order valence-corrected chi connectivity index (χ3v) is 3.80. The zero-order chi connectivity index (χ0) is 19.1. The number of Topliss-reactive ketones (excluding diaryl/α,β-unsaturated/α-hetero) is 1. The molecule has 7 heteroatoms. The van der Waals surface area contributed by atoms with Gasteiger partial charge in [0.25, 0.3) is 5.91 Å². The zero-order valence-corrected chi connectivity index (χ0v) is 15.1. The molecule has 1 amide bonds. The second kappa shape index (κ2) is 9.01. The summed E-state index contributed by atoms with van der Waals surface area (Å²) in [6, 6.07) is 12.7. The van der Waals surface area contributed by atoms with E-state index in [0.29, 0.717) is 21.9 Å². The lowest BCUT2D eigenvalue weighted by molar-refractivity contribution is -0.145. The van der Waals surface area contributed by atoms with E-state index in [4.69, 9.17) is 21.1 Å². The molecule has 0 aliphatic carbocycles. The summed E-state index contributed by atoms with van der Waals surface area (Å²) >= 11 is 5.77. The van der Waals surface area contributed by atoms with Crippen LogP contribution in [-0.4, -0.2) is 37.4 Å². The largest absolute Gasteiger partial charge is 0.497 e. The molecule has 0 spiro atoms. The van der Waals surface area contributed by atoms with Crippen LogP contribution in [0, 0.1) is 0 Å². The van der Waals surface area contributed by atoms with Crippen LogP contribution in [-0.2, 0) is 9.53 Å². The Labute approximate surface area is 156 Å². The van der Waals surface area contributed by atoms with Crippen molar-refractivity contribution in [2.24, 2.45) is 0 Å². The van der Waals surface area contributed by atoms with Gasteiger partial charge in [-0.2, -0.15) is 0 Å². The van der Waals surface area contributed by atoms with Gasteiger partial charge in [-0.05, 0) is 55.5 Å². The van der Waals surface area contributed by atoms with Crippen molar-refractivity contribution in [1.29, 1.82) is 0 Å². The highest BCUT2D eigenvalue weighted by molar-refractivity contribution is 6.30. The average Bonchev–Trinajstić information content (AvgIpc) is 2.66. The molecule has 0 unspecified atom stereocenters. The smallest absolute Gasteiger partial charge is 0.326 e. The number of amides is 1. The molecule has 0 saturated heterocycles. The Morgan fingerprint density at radius 1 is 1.00 bits per heavy atom. The van der Waals surface area contributed by atoms with Crippen molar-refractivity contribution < 1.29 is 23.9 Å². The summed E-state index contributed by atoms with van der Waals surface area (Å²) in [7, 11) is 1.53. The first-order chi connectivity index (χ1) is 12.4. The van der Waals surface area contributed by atoms with Crippen molar-refractivity contribution >= 4 is 29.3 Å². The minimum absolute atomic E-state index is 0.344. The van der Waals surface area contributed by atoms with Gasteiger partial charge in [-0.25, -0.2) is 0 Å². The van der Waals surface area contributed by atoms with E-state index in [2.05, 4.69) is 5.32 Å². The molecule has 0 radical (unpaired) electrons. The Hall–Kier alpha value is -2.86. The predicted molar refractivity (Wildman–Crippen MR) is 96.7 cm³/mol. The number of carbonyl (C=O) groups is 3. The Balaban J connectivity index is 1.84. The Bertz CT molecular complexity index is 787. The molecule has 1 atom stereocenters. The van der Waals surface area contributed by atoms with E-state index in [1.54, 1.807) is 48.5 Å². The third kappa shape index (κ3) is 5.32. The van der Waals surface area contributed by atoms with Crippen molar-refractivity contribution in [1.82, 2.24) is 5.32 Å². The fourth-order valence-electron chi connectivity index (χ4n) is 2.14. The number of ether oxygens (including phenoxy) is 2. The fourth-order valence-corrected chi connectivity index (χ4v) is 2.26. The molecule has 0 bridgehead atoms. The second-order valence-corrected chi connectivity index (χ2v) is 5.85. The van der Waals surface area contributed by atoms with Gasteiger partial charge in [0.15, 0.2) is 6.10 Å². The number of halogens is 1. The molecule has 1 N–H and O–H groups in total. The van der Waals surface area contributed by atoms with Gasteiger partial charge in [0.2, 0.25) is 5.78 Å². The number of hydrogen-bond acceptors (Lipinski definition) is 5. The number of esters is 1. The van der Waals surface area contributed by atoms with Crippen LogP contribution in [0.1, 0.15) is 27.6 Å². The highest BCUT2D eigenvalue weighted by Crippen LogP contribution is 2.13. The van der Waals surface area contributed by atoms with E-state index >= 15 is 0 Å². The van der Waals surface area contributed by atoms with E-state index in [1.807, 2.05) is 0 Å². The molecule has 26 heavy (non-hydrogen) atoms. The van der Waals surface area contributed by atoms with Gasteiger partial charge < -0.3 is 14.8 Å². The third-order valence-electron chi connectivity index (χ3n) is 3.55. The monoisotopic (exact) mass is 375 g/mol. The van der Waals surface area contributed by atoms with E-state index in [9.17, 15) is 14.4 Å². The molecular weight excluding hydrogens is 358 g/mol. The van der Waals surface area contributed by atoms with Gasteiger partial charge in [-0.1, -0.05) is 11.6 Å². The maximum Gasteiger partial charge on any atom is 0.326 e. The molecule has 2 rings (SSSR count). The van der Waals surface area contributed by atoms with Crippen LogP contribution in [0.15, 0.2) is 48.5 Å². The Morgan fingerprint density at radius 2 is 1.58 bits per heavy atom. The predicted octanol–water partition coefficient (Wildman–Crippen LogP) is 2.89. The highest BCUT2D eigenvalue weighted by Gasteiger charge is 2.20. The van der Waals surface area contributed by atoms with Crippen LogP contribution >= 0.6 is 11.6 Å². The van der Waals surface area contributed by atoms with Gasteiger partial charge in [0.05, 0.1) is 7.11 Å². The van der Waals surface area contributed by atoms with Crippen molar-refractivity contribution in [3.8, 4) is 5.75 Å². The zero-order valence-electron chi connectivity index (χ0n) is 14.3. The second-order valence-electron chi connectivity index (χ2n) is 5.41. The molecule has 0 aliphatic rings. The van der Waals surface area contributed by atoms with Crippen LogP contribution in [0.25, 0.3) is 0 Å². The topological polar surface area (TPSA) is 81.7 Å². The normalized spacial score (nSPS) is 11.3. The summed E-state index contributed by atoms with van der Waals surface area (Å²) in [4.78, 5) is 36.0. The first-order valence-corrected chi connectivity index (χ1v) is 8.20. The molecule has 0 heterocycles. The van der Waals surface area contributed by atoms with Gasteiger partial charge in [-0.3, -0.25) is 14.4 Å². The standard InChI is InChI=1S/C19H18ClNO5/c1-12(18(23)13-3-7-15(20)8-4-13)26-17(22)11-21-19(24)14-5-9-16(25-2)10-6-14/h3-10,12H,11H2,1-2H3,(H,21,24)/t12-/m0/s1. The molecule has 136 valence electrons. The minimum atomic E-state index is -0.971. The number of benzene rings is 2. The van der Waals surface area contributed by atoms with Crippen molar-refractivity contribution in [2.75, 3.05) is 13.7 Å². The summed E-state index contributed by atoms with van der Waals surface area (Å²) in [6.07, 6.45) is -0.971. The summed E-state index contributed by atoms with van der Waals surface area (Å²) in [6.45, 7) is 1.13. The Kier molecular flexibility index (Phi) is 6.74. The molecule has 6 nitrogen and oxygen atoms in total. The highest BCUT2D eigenvalue weighted by atomic mass is 35.5. The van der Waals surface area contributed by atoms with Crippen LogP contribution in [0.4, 0.5) is 0 Å². The van der Waals surface area contributed by atoms with Gasteiger partial charge in [-0.15, -0.1) is 0 Å². The molecule has 2 aromatic rings. The quantitative estimate of drug-likeness (QED) is 0.594. The van der Waals surface area contributed by atoms with Crippen LogP contribution < -0.4 is 10.1 Å². The number of carbonyl (C=O) groups excluding carboxylic acids is 3. The first kappa shape index (κ1) is 19.5. The van der Waals surface area contributed by atoms with E-state index in [-0.39, 0.29) is 12.3 Å². The number of rotatable bonds is 7. The van der Waals surface area contributed by atoms with E-state index < -0.39 is 18.0 Å². The van der Waals surface area contributed by atoms with Crippen molar-refractivity contribution in [2.45, 2.75) is 13.0 Å². The molecule has 0 aromatic heterocycles. The summed E-state index contributed by atoms with van der Waals surface area (Å²) in [5.41, 5.74) is 0.765. The number of nitrogens with one attached hydrogen (secondary N) is 1. The fraction of sp³-hybridized carbons (Fsp3) is 0.211. The van der Waals surface area contributed by atoms with Crippen molar-refractivity contribution in [3.63, 3.8) is 0 Å². The maximum atomic E-state index is 12.2. The van der Waals surface area contributed by atoms with Crippen LogP contribution in [0.2, 0.25) is 5.02 Å². The first-order valence-electron chi connectivity index (χ1n) is 7.82. The average molecular weight is 376 g/mol. The molecule has 0 saturated carbocycles. The SMILES string of the molecule is COc1ccc(C(=O)NCC(=O)O[C@@H](C)C(=O)c2ccc(Cl)cc2)cc1. The molecule has 0 aliphatic heterocycles. The lowest BCUT2D eigenvalue weighted by atomic mass is 10.1. The molecule has 2 aromatic carbocycles. The number of ketones is 1. The van der Waals surface area contributed by atoms with Crippen LogP contribution in [0.3, 0.4) is 0 Å². The van der Waals surface area contributed by atoms with Gasteiger partial charge in [0, 0.05) is 16.1 Å². The lowest BCUT2D eigenvalue weighted by Crippen LogP contribution is -2.34. The van der Waals surface area contributed by atoms with Crippen LogP contribution in [0.5, 0.6) is 5.75 Å². The summed E-state index contributed by atoms with van der Waals surface area (Å²) < 4.78 is 10.1. The number of hydrogen-bond donors (Lipinski definition) is 1. The van der Waals surface area contributed by atoms with Crippen molar-refractivity contribution in [3.05, 3.63) is 64.7 Å². The van der Waals surface area contributed by atoms with E-state index in [0.717, 1.165) is 0 Å². The lowest BCUT2D eigenvalue weighted by Gasteiger charge is -2.13. The van der Waals surface area contributed by atoms with E-state index in [1.165, 1.54) is 14.0 Å². The Morgan fingerprint density at radius 3 is 2.15 bits per heavy atom. The summed E-state index contributed by atoms with van der Waals surface area (Å²) in [5.74, 6) is -0.866. The summed E-state index contributed by atoms with van der Waals surface area (Å²) in [5, 5.41) is 2.95. The minimum Gasteiger partial charge on any atom is -0.497 e. The van der Waals surface area contributed by atoms with Gasteiger partial charge in [0.1, 0.15) is 12.3 Å². The molecule has 0 fully saturated rings. The number of methoxy groups -OCH3 is 1. The van der Waals surface area contributed by atoms with Gasteiger partial charge >= 0.3 is 5.97 Å².